The summed E-state index contributed by atoms with van der Waals surface area (Å²) in [5.41, 5.74) is -0.0984. The van der Waals surface area contributed by atoms with Crippen LogP contribution in [-0.4, -0.2) is 54.8 Å². The maximum atomic E-state index is 12.6. The maximum Gasteiger partial charge on any atom is 0.266 e. The highest BCUT2D eigenvalue weighted by molar-refractivity contribution is 5.76. The molecule has 1 atom stereocenters. The van der Waals surface area contributed by atoms with Crippen LogP contribution in [0.3, 0.4) is 0 Å². The molecule has 26 heavy (non-hydrogen) atoms. The largest absolute Gasteiger partial charge is 0.396 e. The molecule has 0 saturated carbocycles. The van der Waals surface area contributed by atoms with Crippen LogP contribution >= 0.6 is 0 Å². The van der Waals surface area contributed by atoms with Crippen molar-refractivity contribution in [3.8, 4) is 11.5 Å². The van der Waals surface area contributed by atoms with E-state index >= 15 is 0 Å². The third-order valence-corrected chi connectivity index (χ3v) is 4.64. The summed E-state index contributed by atoms with van der Waals surface area (Å²) in [7, 11) is 0. The Hall–Kier alpha value is -2.55. The Morgan fingerprint density at radius 2 is 2.27 bits per heavy atom. The smallest absolute Gasteiger partial charge is 0.266 e. The number of carbonyl (C=O) groups excluding carboxylic acids is 1. The molecule has 1 N–H and O–H groups in total. The molecule has 0 bridgehead atoms. The molecule has 1 aliphatic rings. The molecule has 1 amide bonds. The molecule has 1 saturated heterocycles. The van der Waals surface area contributed by atoms with E-state index in [9.17, 15) is 14.7 Å². The molecular formula is C17H23N5O4. The predicted molar refractivity (Wildman–Crippen MR) is 92.2 cm³/mol. The van der Waals surface area contributed by atoms with Gasteiger partial charge in [-0.1, -0.05) is 5.16 Å². The van der Waals surface area contributed by atoms with Gasteiger partial charge in [-0.3, -0.25) is 14.2 Å². The predicted octanol–water partition coefficient (Wildman–Crippen LogP) is 0.755. The zero-order valence-electron chi connectivity index (χ0n) is 14.8. The molecule has 2 aromatic heterocycles. The molecule has 0 aromatic carbocycles. The minimum absolute atomic E-state index is 0.00547. The Morgan fingerprint density at radius 3 is 3.00 bits per heavy atom. The number of amides is 1. The Bertz CT molecular complexity index is 813. The third kappa shape index (κ3) is 3.98. The summed E-state index contributed by atoms with van der Waals surface area (Å²) >= 11 is 0. The molecule has 0 aliphatic carbocycles. The van der Waals surface area contributed by atoms with Crippen molar-refractivity contribution in [3.05, 3.63) is 28.7 Å². The lowest BCUT2D eigenvalue weighted by atomic mass is 9.99. The van der Waals surface area contributed by atoms with Gasteiger partial charge in [-0.15, -0.1) is 0 Å². The zero-order chi connectivity index (χ0) is 18.5. The van der Waals surface area contributed by atoms with Crippen LogP contribution in [0.25, 0.3) is 11.5 Å². The second-order valence-electron chi connectivity index (χ2n) is 6.45. The topological polar surface area (TPSA) is 114 Å². The molecule has 9 nitrogen and oxygen atoms in total. The number of aromatic nitrogens is 4. The Kier molecular flexibility index (Phi) is 5.77. The number of nitrogens with zero attached hydrogens (tertiary/aromatic N) is 5. The van der Waals surface area contributed by atoms with Gasteiger partial charge in [-0.05, 0) is 32.6 Å². The van der Waals surface area contributed by atoms with Gasteiger partial charge < -0.3 is 14.5 Å². The van der Waals surface area contributed by atoms with Gasteiger partial charge in [-0.2, -0.15) is 4.98 Å². The molecule has 140 valence electrons. The summed E-state index contributed by atoms with van der Waals surface area (Å²) in [4.78, 5) is 35.1. The lowest BCUT2D eigenvalue weighted by Gasteiger charge is -2.35. The van der Waals surface area contributed by atoms with Crippen molar-refractivity contribution in [2.75, 3.05) is 13.2 Å². The van der Waals surface area contributed by atoms with Gasteiger partial charge in [0.05, 0.1) is 6.33 Å². The van der Waals surface area contributed by atoms with Gasteiger partial charge in [0, 0.05) is 38.4 Å². The fraction of sp³-hybridized carbons (Fsp3) is 0.588. The van der Waals surface area contributed by atoms with Crippen molar-refractivity contribution in [2.45, 2.75) is 51.6 Å². The van der Waals surface area contributed by atoms with Crippen molar-refractivity contribution < 1.29 is 14.4 Å². The highest BCUT2D eigenvalue weighted by atomic mass is 16.5. The number of carbonyl (C=O) groups is 1. The van der Waals surface area contributed by atoms with Crippen LogP contribution in [0.1, 0.15) is 37.9 Å². The molecule has 9 heteroatoms. The normalized spacial score (nSPS) is 17.5. The summed E-state index contributed by atoms with van der Waals surface area (Å²) in [5, 5.41) is 12.9. The van der Waals surface area contributed by atoms with Gasteiger partial charge in [0.25, 0.3) is 11.4 Å². The van der Waals surface area contributed by atoms with Crippen molar-refractivity contribution in [2.24, 2.45) is 0 Å². The summed E-state index contributed by atoms with van der Waals surface area (Å²) in [6.07, 6.45) is 6.55. The summed E-state index contributed by atoms with van der Waals surface area (Å²) in [6, 6.07) is 0.0869. The first-order valence-electron chi connectivity index (χ1n) is 8.85. The van der Waals surface area contributed by atoms with E-state index in [1.165, 1.54) is 17.1 Å². The van der Waals surface area contributed by atoms with E-state index < -0.39 is 0 Å². The van der Waals surface area contributed by atoms with Gasteiger partial charge >= 0.3 is 0 Å². The number of rotatable bonds is 6. The molecule has 0 radical (unpaired) electrons. The summed E-state index contributed by atoms with van der Waals surface area (Å²) < 4.78 is 6.42. The van der Waals surface area contributed by atoms with Crippen molar-refractivity contribution in [1.82, 2.24) is 24.6 Å². The molecule has 2 aromatic rings. The first-order chi connectivity index (χ1) is 12.6. The Morgan fingerprint density at radius 1 is 1.42 bits per heavy atom. The van der Waals surface area contributed by atoms with E-state index in [1.807, 2.05) is 4.90 Å². The molecular weight excluding hydrogens is 338 g/mol. The van der Waals surface area contributed by atoms with E-state index in [1.54, 1.807) is 6.92 Å². The number of aliphatic hydroxyl groups excluding tert-OH is 1. The van der Waals surface area contributed by atoms with Crippen molar-refractivity contribution in [3.63, 3.8) is 0 Å². The highest BCUT2D eigenvalue weighted by Crippen LogP contribution is 2.20. The molecule has 3 rings (SSSR count). The van der Waals surface area contributed by atoms with Crippen LogP contribution in [0.2, 0.25) is 0 Å². The van der Waals surface area contributed by atoms with Crippen LogP contribution < -0.4 is 5.56 Å². The number of hydrogen-bond donors (Lipinski definition) is 1. The van der Waals surface area contributed by atoms with E-state index in [4.69, 9.17) is 4.52 Å². The molecule has 1 aliphatic heterocycles. The fourth-order valence-electron chi connectivity index (χ4n) is 3.30. The van der Waals surface area contributed by atoms with E-state index in [-0.39, 0.29) is 48.5 Å². The number of hydrogen-bond acceptors (Lipinski definition) is 7. The van der Waals surface area contributed by atoms with Gasteiger partial charge in [0.2, 0.25) is 5.91 Å². The van der Waals surface area contributed by atoms with Gasteiger partial charge in [-0.25, -0.2) is 4.98 Å². The average Bonchev–Trinajstić information content (AvgIpc) is 3.07. The zero-order valence-corrected chi connectivity index (χ0v) is 14.8. The first kappa shape index (κ1) is 18.2. The average molecular weight is 361 g/mol. The number of aliphatic hydroxyl groups is 1. The third-order valence-electron chi connectivity index (χ3n) is 4.64. The second-order valence-corrected chi connectivity index (χ2v) is 6.45. The quantitative estimate of drug-likeness (QED) is 0.807. The molecule has 3 heterocycles. The van der Waals surface area contributed by atoms with E-state index in [0.29, 0.717) is 18.8 Å². The molecule has 0 spiro atoms. The Balaban J connectivity index is 1.69. The van der Waals surface area contributed by atoms with E-state index in [0.717, 1.165) is 19.3 Å². The number of likely N-dealkylation sites (tertiary alicyclic amines) is 1. The van der Waals surface area contributed by atoms with Crippen molar-refractivity contribution >= 4 is 5.91 Å². The van der Waals surface area contributed by atoms with Gasteiger partial charge in [0.1, 0.15) is 5.56 Å². The minimum atomic E-state index is -0.318. The SMILES string of the molecule is Cc1noc(-c2cncn(CCC(=O)N3CCCCC3CCO)c2=O)n1. The number of aryl methyl sites for hydroxylation is 2. The first-order valence-corrected chi connectivity index (χ1v) is 8.85. The van der Waals surface area contributed by atoms with Crippen molar-refractivity contribution in [1.29, 1.82) is 0 Å². The molecule has 1 unspecified atom stereocenters. The summed E-state index contributed by atoms with van der Waals surface area (Å²) in [5.74, 6) is 0.554. The van der Waals surface area contributed by atoms with Crippen LogP contribution in [0.4, 0.5) is 0 Å². The van der Waals surface area contributed by atoms with Crippen LogP contribution in [0, 0.1) is 6.92 Å². The molecule has 1 fully saturated rings. The fourth-order valence-corrected chi connectivity index (χ4v) is 3.30. The van der Waals surface area contributed by atoms with Crippen LogP contribution in [-0.2, 0) is 11.3 Å². The van der Waals surface area contributed by atoms with Crippen LogP contribution in [0.5, 0.6) is 0 Å². The Labute approximate surface area is 150 Å². The standard InChI is InChI=1S/C17H23N5O4/c1-12-19-16(26-20-12)14-10-18-11-21(17(14)25)8-5-15(24)22-7-3-2-4-13(22)6-9-23/h10-11,13,23H,2-9H2,1H3. The monoisotopic (exact) mass is 361 g/mol. The minimum Gasteiger partial charge on any atom is -0.396 e. The maximum absolute atomic E-state index is 12.6. The van der Waals surface area contributed by atoms with E-state index in [2.05, 4.69) is 15.1 Å². The second kappa shape index (κ2) is 8.22. The lowest BCUT2D eigenvalue weighted by Crippen LogP contribution is -2.44. The van der Waals surface area contributed by atoms with Crippen LogP contribution in [0.15, 0.2) is 21.8 Å². The lowest BCUT2D eigenvalue weighted by molar-refractivity contribution is -0.135. The summed E-state index contributed by atoms with van der Waals surface area (Å²) in [6.45, 7) is 2.68. The van der Waals surface area contributed by atoms with Gasteiger partial charge in [0.15, 0.2) is 5.82 Å². The number of piperidine rings is 1. The highest BCUT2D eigenvalue weighted by Gasteiger charge is 2.26.